The molecule has 2 N–H and O–H groups in total. The van der Waals surface area contributed by atoms with Crippen molar-refractivity contribution >= 4 is 20.0 Å². The molecule has 2 unspecified atom stereocenters. The molecular weight excluding hydrogens is 496 g/mol. The summed E-state index contributed by atoms with van der Waals surface area (Å²) in [5, 5.41) is 14.9. The molecule has 0 heterocycles. The third-order valence-electron chi connectivity index (χ3n) is 6.68. The van der Waals surface area contributed by atoms with Gasteiger partial charge in [0.15, 0.2) is 0 Å². The zero-order chi connectivity index (χ0) is 27.1. The van der Waals surface area contributed by atoms with Crippen LogP contribution in [-0.4, -0.2) is 40.4 Å². The third kappa shape index (κ3) is 18.1. The molecule has 0 bridgehead atoms. The second kappa shape index (κ2) is 21.8. The lowest BCUT2D eigenvalue weighted by Gasteiger charge is -2.21. The Morgan fingerprint density at radius 3 is 1.03 bits per heavy atom. The molecule has 0 amide bonds. The Labute approximate surface area is 221 Å². The monoisotopic (exact) mass is 546 g/mol. The largest absolute Gasteiger partial charge is 0.215 e. The summed E-state index contributed by atoms with van der Waals surface area (Å²) in [6.07, 6.45) is 17.6. The first kappa shape index (κ1) is 34.8. The fourth-order valence-electron chi connectivity index (χ4n) is 3.98. The fraction of sp³-hybridized carbons (Fsp3) is 0.923. The predicted molar refractivity (Wildman–Crippen MR) is 147 cm³/mol. The highest BCUT2D eigenvalue weighted by molar-refractivity contribution is 7.94. The quantitative estimate of drug-likeness (QED) is 0.141. The molecule has 0 fully saturated rings. The zero-order valence-electron chi connectivity index (χ0n) is 22.6. The standard InChI is InChI=1S/C26H50N4O4S2/c1-25(35(31,32)29-23-19-15-11-7-3-5-9-13-17-21-27)26(2)36(33,34)30-24-20-16-12-8-4-6-10-14-18-22-28/h25-26,29-30H,3-20,23-24H2,1-2H3. The van der Waals surface area contributed by atoms with E-state index in [-0.39, 0.29) is 0 Å². The topological polar surface area (TPSA) is 140 Å². The van der Waals surface area contributed by atoms with Crippen molar-refractivity contribution in [2.75, 3.05) is 13.1 Å². The van der Waals surface area contributed by atoms with Crippen LogP contribution in [0.4, 0.5) is 0 Å². The fourth-order valence-corrected chi connectivity index (χ4v) is 7.25. The Kier molecular flexibility index (Phi) is 21.1. The molecule has 0 spiro atoms. The van der Waals surface area contributed by atoms with E-state index in [9.17, 15) is 16.8 Å². The number of hydrogen-bond donors (Lipinski definition) is 2. The maximum absolute atomic E-state index is 12.6. The molecule has 0 aromatic carbocycles. The molecule has 2 atom stereocenters. The van der Waals surface area contributed by atoms with Crippen LogP contribution in [0.1, 0.15) is 129 Å². The first-order valence-corrected chi connectivity index (χ1v) is 17.0. The van der Waals surface area contributed by atoms with E-state index >= 15 is 0 Å². The number of unbranched alkanes of at least 4 members (excludes halogenated alkanes) is 16. The van der Waals surface area contributed by atoms with Crippen molar-refractivity contribution in [2.45, 2.75) is 140 Å². The van der Waals surface area contributed by atoms with E-state index in [1.54, 1.807) is 0 Å². The average Bonchev–Trinajstić information content (AvgIpc) is 2.84. The second-order valence-corrected chi connectivity index (χ2v) is 14.0. The minimum Gasteiger partial charge on any atom is -0.215 e. The van der Waals surface area contributed by atoms with Gasteiger partial charge in [0, 0.05) is 25.9 Å². The lowest BCUT2D eigenvalue weighted by Crippen LogP contribution is -2.46. The first-order chi connectivity index (χ1) is 17.2. The second-order valence-electron chi connectivity index (χ2n) is 9.76. The smallest absolute Gasteiger partial charge is 0.215 e. The summed E-state index contributed by atoms with van der Waals surface area (Å²) in [6, 6.07) is 4.31. The molecule has 0 saturated heterocycles. The molecule has 0 aromatic heterocycles. The van der Waals surface area contributed by atoms with Crippen molar-refractivity contribution in [3.8, 4) is 12.1 Å². The third-order valence-corrected chi connectivity index (χ3v) is 10.8. The highest BCUT2D eigenvalue weighted by atomic mass is 32.2. The molecule has 0 rings (SSSR count). The number of nitrogens with zero attached hydrogens (tertiary/aromatic N) is 2. The van der Waals surface area contributed by atoms with Crippen molar-refractivity contribution in [1.29, 1.82) is 10.5 Å². The van der Waals surface area contributed by atoms with Gasteiger partial charge in [0.1, 0.15) is 0 Å². The Morgan fingerprint density at radius 1 is 0.500 bits per heavy atom. The van der Waals surface area contributed by atoms with Gasteiger partial charge in [0.05, 0.1) is 22.6 Å². The van der Waals surface area contributed by atoms with E-state index in [0.717, 1.165) is 103 Å². The average molecular weight is 547 g/mol. The van der Waals surface area contributed by atoms with Crippen LogP contribution >= 0.6 is 0 Å². The molecule has 0 aromatic rings. The maximum atomic E-state index is 12.6. The molecule has 0 aliphatic rings. The van der Waals surface area contributed by atoms with Crippen molar-refractivity contribution < 1.29 is 16.8 Å². The van der Waals surface area contributed by atoms with Crippen LogP contribution in [0.25, 0.3) is 0 Å². The lowest BCUT2D eigenvalue weighted by atomic mass is 10.1. The van der Waals surface area contributed by atoms with Gasteiger partial charge in [-0.2, -0.15) is 10.5 Å². The van der Waals surface area contributed by atoms with Gasteiger partial charge >= 0.3 is 0 Å². The van der Waals surface area contributed by atoms with E-state index in [0.29, 0.717) is 25.9 Å². The molecular formula is C26H50N4O4S2. The van der Waals surface area contributed by atoms with Crippen LogP contribution in [0.5, 0.6) is 0 Å². The van der Waals surface area contributed by atoms with Gasteiger partial charge in [0.2, 0.25) is 20.0 Å². The number of rotatable bonds is 25. The van der Waals surface area contributed by atoms with Gasteiger partial charge in [-0.1, -0.05) is 77.0 Å². The normalized spacial score (nSPS) is 13.7. The molecule has 36 heavy (non-hydrogen) atoms. The van der Waals surface area contributed by atoms with Gasteiger partial charge in [-0.15, -0.1) is 0 Å². The van der Waals surface area contributed by atoms with E-state index < -0.39 is 30.5 Å². The SMILES string of the molecule is CC(C(C)S(=O)(=O)NCCCCCCCCCCC#N)S(=O)(=O)NCCCCCCCCCCC#N. The van der Waals surface area contributed by atoms with Crippen LogP contribution < -0.4 is 9.44 Å². The Bertz CT molecular complexity index is 763. The van der Waals surface area contributed by atoms with E-state index in [2.05, 4.69) is 21.6 Å². The first-order valence-electron chi connectivity index (χ1n) is 13.9. The van der Waals surface area contributed by atoms with Gasteiger partial charge in [-0.05, 0) is 39.5 Å². The summed E-state index contributed by atoms with van der Waals surface area (Å²) in [5.74, 6) is 0. The molecule has 210 valence electrons. The minimum absolute atomic E-state index is 0.327. The number of sulfonamides is 2. The summed E-state index contributed by atoms with van der Waals surface area (Å²) in [6.45, 7) is 3.56. The summed E-state index contributed by atoms with van der Waals surface area (Å²) in [5.41, 5.74) is 0. The Balaban J connectivity index is 4.01. The minimum atomic E-state index is -3.72. The highest BCUT2D eigenvalue weighted by Gasteiger charge is 2.34. The van der Waals surface area contributed by atoms with Crippen LogP contribution in [0.2, 0.25) is 0 Å². The van der Waals surface area contributed by atoms with Crippen LogP contribution in [-0.2, 0) is 20.0 Å². The summed E-state index contributed by atoms with van der Waals surface area (Å²) in [7, 11) is -7.44. The molecule has 0 radical (unpaired) electrons. The molecule has 8 nitrogen and oxygen atoms in total. The Hall–Kier alpha value is -1.20. The maximum Gasteiger partial charge on any atom is 0.215 e. The van der Waals surface area contributed by atoms with Gasteiger partial charge in [-0.3, -0.25) is 0 Å². The highest BCUT2D eigenvalue weighted by Crippen LogP contribution is 2.14. The Morgan fingerprint density at radius 2 is 0.750 bits per heavy atom. The van der Waals surface area contributed by atoms with Crippen molar-refractivity contribution in [3.63, 3.8) is 0 Å². The molecule has 10 heteroatoms. The van der Waals surface area contributed by atoms with Gasteiger partial charge < -0.3 is 0 Å². The van der Waals surface area contributed by atoms with Crippen molar-refractivity contribution in [1.82, 2.24) is 9.44 Å². The summed E-state index contributed by atoms with van der Waals surface area (Å²) >= 11 is 0. The molecule has 0 aliphatic carbocycles. The van der Waals surface area contributed by atoms with Gasteiger partial charge in [-0.25, -0.2) is 26.3 Å². The van der Waals surface area contributed by atoms with Crippen LogP contribution in [0.15, 0.2) is 0 Å². The number of nitriles is 2. The number of nitrogens with one attached hydrogen (secondary N) is 2. The van der Waals surface area contributed by atoms with E-state index in [1.807, 2.05) is 0 Å². The van der Waals surface area contributed by atoms with E-state index in [1.165, 1.54) is 13.8 Å². The van der Waals surface area contributed by atoms with Crippen molar-refractivity contribution in [3.05, 3.63) is 0 Å². The zero-order valence-corrected chi connectivity index (χ0v) is 24.3. The van der Waals surface area contributed by atoms with Crippen LogP contribution in [0, 0.1) is 22.7 Å². The molecule has 0 aliphatic heterocycles. The predicted octanol–water partition coefficient (Wildman–Crippen LogP) is 5.67. The summed E-state index contributed by atoms with van der Waals surface area (Å²) in [4.78, 5) is 0. The van der Waals surface area contributed by atoms with Crippen LogP contribution in [0.3, 0.4) is 0 Å². The van der Waals surface area contributed by atoms with Gasteiger partial charge in [0.25, 0.3) is 0 Å². The van der Waals surface area contributed by atoms with Crippen molar-refractivity contribution in [2.24, 2.45) is 0 Å². The summed E-state index contributed by atoms with van der Waals surface area (Å²) < 4.78 is 55.6. The number of hydrogen-bond acceptors (Lipinski definition) is 6. The molecule has 0 saturated carbocycles. The van der Waals surface area contributed by atoms with E-state index in [4.69, 9.17) is 10.5 Å². The lowest BCUT2D eigenvalue weighted by molar-refractivity contribution is 0.535.